The molecule has 6 nitrogen and oxygen atoms in total. The number of allylic oxidation sites excluding steroid dienone is 1. The molecule has 0 saturated heterocycles. The molecule has 29 heavy (non-hydrogen) atoms. The highest BCUT2D eigenvalue weighted by molar-refractivity contribution is 7.99. The molecular formula is C22H30N4O2S. The summed E-state index contributed by atoms with van der Waals surface area (Å²) in [5, 5.41) is 12.6. The highest BCUT2D eigenvalue weighted by Gasteiger charge is 2.28. The molecule has 3 atom stereocenters. The number of thioether (sulfide) groups is 1. The van der Waals surface area contributed by atoms with Crippen molar-refractivity contribution in [3.8, 4) is 17.1 Å². The van der Waals surface area contributed by atoms with Gasteiger partial charge in [0.15, 0.2) is 11.0 Å². The monoisotopic (exact) mass is 414 g/mol. The Hall–Kier alpha value is -2.28. The molecule has 0 spiro atoms. The van der Waals surface area contributed by atoms with E-state index in [-0.39, 0.29) is 11.9 Å². The molecule has 1 saturated carbocycles. The third-order valence-corrected chi connectivity index (χ3v) is 6.73. The van der Waals surface area contributed by atoms with Crippen molar-refractivity contribution in [2.45, 2.75) is 50.9 Å². The highest BCUT2D eigenvalue weighted by atomic mass is 32.2. The molecule has 3 rings (SSSR count). The average Bonchev–Trinajstić information content (AvgIpc) is 3.13. The Morgan fingerprint density at radius 2 is 2.07 bits per heavy atom. The molecule has 1 heterocycles. The number of benzene rings is 1. The lowest BCUT2D eigenvalue weighted by molar-refractivity contribution is -0.120. The maximum absolute atomic E-state index is 12.5. The first-order valence-corrected chi connectivity index (χ1v) is 11.1. The van der Waals surface area contributed by atoms with Gasteiger partial charge < -0.3 is 10.1 Å². The zero-order valence-electron chi connectivity index (χ0n) is 17.4. The highest BCUT2D eigenvalue weighted by Crippen LogP contribution is 2.30. The first-order chi connectivity index (χ1) is 14.0. The number of methoxy groups -OCH3 is 1. The molecule has 1 N–H and O–H groups in total. The van der Waals surface area contributed by atoms with Crippen molar-refractivity contribution in [3.05, 3.63) is 36.9 Å². The van der Waals surface area contributed by atoms with Crippen LogP contribution in [-0.4, -0.2) is 39.6 Å². The lowest BCUT2D eigenvalue weighted by atomic mass is 9.78. The standard InChI is InChI=1S/C22H30N4O2S/c1-5-13-26-21(17-9-11-18(28-4)12-10-17)24-25-22(26)29-14-20(27)23-19-8-6-7-15(2)16(19)3/h5,9-12,15-16,19H,1,6-8,13-14H2,2-4H3,(H,23,27)/t15-,16+,19-/m0/s1. The summed E-state index contributed by atoms with van der Waals surface area (Å²) in [6.07, 6.45) is 5.31. The number of aromatic nitrogens is 3. The molecule has 1 fully saturated rings. The van der Waals surface area contributed by atoms with Crippen molar-refractivity contribution in [1.29, 1.82) is 0 Å². The number of nitrogens with one attached hydrogen (secondary N) is 1. The van der Waals surface area contributed by atoms with Crippen molar-refractivity contribution < 1.29 is 9.53 Å². The van der Waals surface area contributed by atoms with Gasteiger partial charge in [0.05, 0.1) is 12.9 Å². The van der Waals surface area contributed by atoms with Crippen LogP contribution in [0.15, 0.2) is 42.1 Å². The van der Waals surface area contributed by atoms with Crippen LogP contribution in [0.4, 0.5) is 0 Å². The summed E-state index contributed by atoms with van der Waals surface area (Å²) in [6, 6.07) is 7.97. The van der Waals surface area contributed by atoms with Gasteiger partial charge in [0.1, 0.15) is 5.75 Å². The van der Waals surface area contributed by atoms with Crippen LogP contribution in [0, 0.1) is 11.8 Å². The van der Waals surface area contributed by atoms with Gasteiger partial charge in [0.25, 0.3) is 0 Å². The van der Waals surface area contributed by atoms with Crippen molar-refractivity contribution in [2.75, 3.05) is 12.9 Å². The lowest BCUT2D eigenvalue weighted by Crippen LogP contribution is -2.44. The quantitative estimate of drug-likeness (QED) is 0.519. The van der Waals surface area contributed by atoms with E-state index in [1.54, 1.807) is 7.11 Å². The van der Waals surface area contributed by atoms with Crippen molar-refractivity contribution >= 4 is 17.7 Å². The third kappa shape index (κ3) is 5.21. The zero-order chi connectivity index (χ0) is 20.8. The summed E-state index contributed by atoms with van der Waals surface area (Å²) in [5.41, 5.74) is 0.946. The largest absolute Gasteiger partial charge is 0.497 e. The predicted molar refractivity (Wildman–Crippen MR) is 117 cm³/mol. The van der Waals surface area contributed by atoms with E-state index in [1.807, 2.05) is 34.9 Å². The number of nitrogens with zero attached hydrogens (tertiary/aromatic N) is 3. The minimum Gasteiger partial charge on any atom is -0.497 e. The minimum atomic E-state index is 0.0556. The van der Waals surface area contributed by atoms with E-state index in [4.69, 9.17) is 4.74 Å². The van der Waals surface area contributed by atoms with Gasteiger partial charge in [-0.25, -0.2) is 0 Å². The topological polar surface area (TPSA) is 69.0 Å². The lowest BCUT2D eigenvalue weighted by Gasteiger charge is -2.34. The molecule has 1 aromatic heterocycles. The number of ether oxygens (including phenoxy) is 1. The zero-order valence-corrected chi connectivity index (χ0v) is 18.2. The Morgan fingerprint density at radius 3 is 2.76 bits per heavy atom. The molecule has 1 aliphatic rings. The number of hydrogen-bond acceptors (Lipinski definition) is 5. The van der Waals surface area contributed by atoms with E-state index < -0.39 is 0 Å². The van der Waals surface area contributed by atoms with Crippen LogP contribution >= 0.6 is 11.8 Å². The normalized spacial score (nSPS) is 21.6. The van der Waals surface area contributed by atoms with E-state index in [1.165, 1.54) is 24.6 Å². The van der Waals surface area contributed by atoms with Gasteiger partial charge in [-0.3, -0.25) is 9.36 Å². The first-order valence-electron chi connectivity index (χ1n) is 10.1. The van der Waals surface area contributed by atoms with Crippen molar-refractivity contribution in [2.24, 2.45) is 11.8 Å². The second kappa shape index (κ2) is 9.96. The number of carbonyl (C=O) groups is 1. The third-order valence-electron chi connectivity index (χ3n) is 5.76. The fourth-order valence-electron chi connectivity index (χ4n) is 3.81. The van der Waals surface area contributed by atoms with Crippen LogP contribution in [0.25, 0.3) is 11.4 Å². The Labute approximate surface area is 177 Å². The smallest absolute Gasteiger partial charge is 0.230 e. The summed E-state index contributed by atoms with van der Waals surface area (Å²) in [6.45, 7) is 8.93. The second-order valence-electron chi connectivity index (χ2n) is 7.66. The van der Waals surface area contributed by atoms with Gasteiger partial charge in [-0.1, -0.05) is 44.5 Å². The molecule has 2 aromatic rings. The van der Waals surface area contributed by atoms with E-state index in [0.29, 0.717) is 24.1 Å². The van der Waals surface area contributed by atoms with Crippen LogP contribution < -0.4 is 10.1 Å². The Bertz CT molecular complexity index is 834. The van der Waals surface area contributed by atoms with E-state index in [9.17, 15) is 4.79 Å². The molecule has 0 aliphatic heterocycles. The SMILES string of the molecule is C=CCn1c(SCC(=O)N[C@H]2CCC[C@H](C)[C@H]2C)nnc1-c1ccc(OC)cc1. The second-order valence-corrected chi connectivity index (χ2v) is 8.61. The molecule has 1 amide bonds. The molecule has 156 valence electrons. The molecular weight excluding hydrogens is 384 g/mol. The summed E-state index contributed by atoms with van der Waals surface area (Å²) >= 11 is 1.41. The van der Waals surface area contributed by atoms with Gasteiger partial charge in [-0.15, -0.1) is 16.8 Å². The summed E-state index contributed by atoms with van der Waals surface area (Å²) in [4.78, 5) is 12.5. The van der Waals surface area contributed by atoms with E-state index >= 15 is 0 Å². The van der Waals surface area contributed by atoms with Crippen LogP contribution in [0.3, 0.4) is 0 Å². The number of amides is 1. The van der Waals surface area contributed by atoms with Crippen LogP contribution in [0.5, 0.6) is 5.75 Å². The fraction of sp³-hybridized carbons (Fsp3) is 0.500. The number of rotatable bonds is 8. The van der Waals surface area contributed by atoms with E-state index in [2.05, 4.69) is 35.9 Å². The maximum atomic E-state index is 12.5. The van der Waals surface area contributed by atoms with Crippen LogP contribution in [0.2, 0.25) is 0 Å². The predicted octanol–water partition coefficient (Wildman–Crippen LogP) is 4.17. The Morgan fingerprint density at radius 1 is 1.31 bits per heavy atom. The van der Waals surface area contributed by atoms with E-state index in [0.717, 1.165) is 28.7 Å². The minimum absolute atomic E-state index is 0.0556. The first kappa shape index (κ1) is 21.4. The van der Waals surface area contributed by atoms with Gasteiger partial charge in [0.2, 0.25) is 5.91 Å². The van der Waals surface area contributed by atoms with Crippen molar-refractivity contribution in [1.82, 2.24) is 20.1 Å². The van der Waals surface area contributed by atoms with Gasteiger partial charge in [0, 0.05) is 18.2 Å². The summed E-state index contributed by atoms with van der Waals surface area (Å²) in [5.74, 6) is 3.11. The molecule has 0 bridgehead atoms. The summed E-state index contributed by atoms with van der Waals surface area (Å²) < 4.78 is 7.21. The van der Waals surface area contributed by atoms with Gasteiger partial charge >= 0.3 is 0 Å². The Balaban J connectivity index is 1.66. The molecule has 0 radical (unpaired) electrons. The fourth-order valence-corrected chi connectivity index (χ4v) is 4.57. The number of carbonyl (C=O) groups excluding carboxylic acids is 1. The maximum Gasteiger partial charge on any atom is 0.230 e. The molecule has 0 unspecified atom stereocenters. The van der Waals surface area contributed by atoms with Gasteiger partial charge in [-0.05, 0) is 42.5 Å². The molecule has 7 heteroatoms. The summed E-state index contributed by atoms with van der Waals surface area (Å²) in [7, 11) is 1.64. The molecule has 1 aromatic carbocycles. The number of hydrogen-bond donors (Lipinski definition) is 1. The van der Waals surface area contributed by atoms with Crippen LogP contribution in [-0.2, 0) is 11.3 Å². The average molecular weight is 415 g/mol. The van der Waals surface area contributed by atoms with Crippen molar-refractivity contribution in [3.63, 3.8) is 0 Å². The molecule has 1 aliphatic carbocycles. The Kier molecular flexibility index (Phi) is 7.36. The van der Waals surface area contributed by atoms with Gasteiger partial charge in [-0.2, -0.15) is 0 Å². The van der Waals surface area contributed by atoms with Crippen LogP contribution in [0.1, 0.15) is 33.1 Å².